The number of ether oxygens (including phenoxy) is 1. The van der Waals surface area contributed by atoms with E-state index >= 15 is 0 Å². The van der Waals surface area contributed by atoms with Gasteiger partial charge in [0, 0.05) is 43.7 Å². The third kappa shape index (κ3) is 5.70. The summed E-state index contributed by atoms with van der Waals surface area (Å²) in [7, 11) is 1.58. The molecule has 33 heavy (non-hydrogen) atoms. The molecule has 2 fully saturated rings. The number of fused-ring (bicyclic) bond motifs is 1. The van der Waals surface area contributed by atoms with Crippen LogP contribution in [-0.4, -0.2) is 60.9 Å². The van der Waals surface area contributed by atoms with Gasteiger partial charge in [0.1, 0.15) is 5.75 Å². The third-order valence-corrected chi connectivity index (χ3v) is 6.35. The molecule has 2 saturated heterocycles. The fourth-order valence-electron chi connectivity index (χ4n) is 4.54. The topological polar surface area (TPSA) is 99.8 Å². The number of nitrogens with one attached hydrogen (secondary N) is 3. The molecule has 2 heterocycles. The lowest BCUT2D eigenvalue weighted by atomic mass is 10.0. The first-order valence-electron chi connectivity index (χ1n) is 11.3. The van der Waals surface area contributed by atoms with E-state index in [1.165, 1.54) is 0 Å². The van der Waals surface area contributed by atoms with E-state index < -0.39 is 0 Å². The van der Waals surface area contributed by atoms with Crippen molar-refractivity contribution in [2.75, 3.05) is 20.2 Å². The second kappa shape index (κ2) is 10.5. The maximum Gasteiger partial charge on any atom is 0.251 e. The molecule has 2 aromatic carbocycles. The van der Waals surface area contributed by atoms with Crippen LogP contribution in [0, 0.1) is 0 Å². The molecular weight excluding hydrogens is 420 g/mol. The molecule has 0 aromatic heterocycles. The number of carbonyl (C=O) groups excluding carboxylic acids is 3. The molecule has 0 saturated carbocycles. The fraction of sp³-hybridized carbons (Fsp3) is 0.400. The first kappa shape index (κ1) is 22.8. The zero-order valence-corrected chi connectivity index (χ0v) is 18.8. The molecule has 4 rings (SSSR count). The van der Waals surface area contributed by atoms with Gasteiger partial charge in [0.2, 0.25) is 11.8 Å². The minimum atomic E-state index is -0.280. The number of benzene rings is 2. The second-order valence-corrected chi connectivity index (χ2v) is 8.55. The van der Waals surface area contributed by atoms with Gasteiger partial charge in [-0.15, -0.1) is 0 Å². The Balaban J connectivity index is 1.29. The van der Waals surface area contributed by atoms with Gasteiger partial charge < -0.3 is 20.7 Å². The van der Waals surface area contributed by atoms with Gasteiger partial charge in [-0.3, -0.25) is 19.3 Å². The molecular formula is C25H30N4O4. The molecule has 3 atom stereocenters. The molecule has 0 spiro atoms. The van der Waals surface area contributed by atoms with Crippen LogP contribution in [-0.2, 0) is 16.1 Å². The van der Waals surface area contributed by atoms with Crippen molar-refractivity contribution in [3.8, 4) is 5.75 Å². The monoisotopic (exact) mass is 450 g/mol. The summed E-state index contributed by atoms with van der Waals surface area (Å²) >= 11 is 0. The van der Waals surface area contributed by atoms with E-state index in [0.29, 0.717) is 50.2 Å². The van der Waals surface area contributed by atoms with Gasteiger partial charge in [0.25, 0.3) is 5.91 Å². The lowest BCUT2D eigenvalue weighted by Crippen LogP contribution is -2.58. The van der Waals surface area contributed by atoms with E-state index in [-0.39, 0.29) is 35.8 Å². The Morgan fingerprint density at radius 2 is 1.88 bits per heavy atom. The van der Waals surface area contributed by atoms with E-state index in [4.69, 9.17) is 4.74 Å². The lowest BCUT2D eigenvalue weighted by molar-refractivity contribution is -0.129. The van der Waals surface area contributed by atoms with Gasteiger partial charge in [-0.25, -0.2) is 0 Å². The van der Waals surface area contributed by atoms with Crippen LogP contribution in [0.3, 0.4) is 0 Å². The average molecular weight is 451 g/mol. The molecule has 174 valence electrons. The minimum absolute atomic E-state index is 0.00383. The first-order chi connectivity index (χ1) is 16.0. The number of hydrogen-bond donors (Lipinski definition) is 3. The van der Waals surface area contributed by atoms with Gasteiger partial charge in [-0.05, 0) is 42.7 Å². The Kier molecular flexibility index (Phi) is 7.24. The highest BCUT2D eigenvalue weighted by molar-refractivity contribution is 5.94. The largest absolute Gasteiger partial charge is 0.497 e. The average Bonchev–Trinajstić information content (AvgIpc) is 3.27. The number of methoxy groups -OCH3 is 1. The van der Waals surface area contributed by atoms with Crippen molar-refractivity contribution in [3.63, 3.8) is 0 Å². The number of nitrogens with zero attached hydrogens (tertiary/aromatic N) is 1. The standard InChI is InChI=1S/C25H30N4O4/c1-33-21-10-7-18(8-11-21)24(31)28-19-13-22-25(32)27-15-20(29(22)16-19)9-12-23(30)26-14-17-5-3-2-4-6-17/h2-8,10-11,19-20,22H,9,12-16H2,1H3,(H,26,30)(H,27,32)(H,28,31)/t19-,20-,22+/m1/s1. The van der Waals surface area contributed by atoms with E-state index in [9.17, 15) is 14.4 Å². The second-order valence-electron chi connectivity index (χ2n) is 8.55. The highest BCUT2D eigenvalue weighted by Crippen LogP contribution is 2.26. The van der Waals surface area contributed by atoms with Crippen molar-refractivity contribution in [1.82, 2.24) is 20.9 Å². The van der Waals surface area contributed by atoms with Gasteiger partial charge in [-0.1, -0.05) is 30.3 Å². The van der Waals surface area contributed by atoms with Gasteiger partial charge in [-0.2, -0.15) is 0 Å². The predicted molar refractivity (Wildman–Crippen MR) is 124 cm³/mol. The predicted octanol–water partition coefficient (Wildman–Crippen LogP) is 1.46. The summed E-state index contributed by atoms with van der Waals surface area (Å²) in [6.45, 7) is 1.61. The molecule has 2 aromatic rings. The maximum absolute atomic E-state index is 12.6. The van der Waals surface area contributed by atoms with Gasteiger partial charge >= 0.3 is 0 Å². The van der Waals surface area contributed by atoms with Gasteiger partial charge in [0.05, 0.1) is 13.2 Å². The highest BCUT2D eigenvalue weighted by atomic mass is 16.5. The summed E-state index contributed by atoms with van der Waals surface area (Å²) in [5.41, 5.74) is 1.61. The minimum Gasteiger partial charge on any atom is -0.497 e. The van der Waals surface area contributed by atoms with Crippen LogP contribution in [0.15, 0.2) is 54.6 Å². The summed E-state index contributed by atoms with van der Waals surface area (Å²) in [6.07, 6.45) is 1.60. The molecule has 0 radical (unpaired) electrons. The summed E-state index contributed by atoms with van der Waals surface area (Å²) in [5, 5.41) is 8.97. The van der Waals surface area contributed by atoms with Gasteiger partial charge in [0.15, 0.2) is 0 Å². The molecule has 8 heteroatoms. The van der Waals surface area contributed by atoms with Crippen molar-refractivity contribution in [2.24, 2.45) is 0 Å². The zero-order valence-electron chi connectivity index (χ0n) is 18.8. The van der Waals surface area contributed by atoms with E-state index in [1.807, 2.05) is 30.3 Å². The van der Waals surface area contributed by atoms with Crippen molar-refractivity contribution >= 4 is 17.7 Å². The van der Waals surface area contributed by atoms with Crippen molar-refractivity contribution in [3.05, 3.63) is 65.7 Å². The number of carbonyl (C=O) groups is 3. The van der Waals surface area contributed by atoms with Crippen molar-refractivity contribution in [1.29, 1.82) is 0 Å². The van der Waals surface area contributed by atoms with Crippen LogP contribution >= 0.6 is 0 Å². The lowest BCUT2D eigenvalue weighted by Gasteiger charge is -2.37. The maximum atomic E-state index is 12.6. The first-order valence-corrected chi connectivity index (χ1v) is 11.3. The molecule has 0 aliphatic carbocycles. The van der Waals surface area contributed by atoms with Crippen LogP contribution < -0.4 is 20.7 Å². The van der Waals surface area contributed by atoms with Crippen molar-refractivity contribution < 1.29 is 19.1 Å². The van der Waals surface area contributed by atoms with Crippen LogP contribution in [0.2, 0.25) is 0 Å². The zero-order chi connectivity index (χ0) is 23.2. The van der Waals surface area contributed by atoms with E-state index in [2.05, 4.69) is 20.9 Å². The Morgan fingerprint density at radius 1 is 1.12 bits per heavy atom. The van der Waals surface area contributed by atoms with Crippen LogP contribution in [0.4, 0.5) is 0 Å². The molecule has 0 unspecified atom stereocenters. The Labute approximate surface area is 193 Å². The molecule has 0 bridgehead atoms. The van der Waals surface area contributed by atoms with E-state index in [1.54, 1.807) is 31.4 Å². The SMILES string of the molecule is COc1ccc(C(=O)N[C@@H]2C[C@H]3C(=O)NC[C@@H](CCC(=O)NCc4ccccc4)N3C2)cc1. The van der Waals surface area contributed by atoms with Crippen LogP contribution in [0.5, 0.6) is 5.75 Å². The van der Waals surface area contributed by atoms with E-state index in [0.717, 1.165) is 5.56 Å². The molecule has 8 nitrogen and oxygen atoms in total. The molecule has 3 N–H and O–H groups in total. The fourth-order valence-corrected chi connectivity index (χ4v) is 4.54. The summed E-state index contributed by atoms with van der Waals surface area (Å²) in [5.74, 6) is 0.508. The smallest absolute Gasteiger partial charge is 0.251 e. The summed E-state index contributed by atoms with van der Waals surface area (Å²) in [4.78, 5) is 39.6. The Morgan fingerprint density at radius 3 is 2.61 bits per heavy atom. The highest BCUT2D eigenvalue weighted by Gasteiger charge is 2.43. The normalized spacial score (nSPS) is 22.2. The summed E-state index contributed by atoms with van der Waals surface area (Å²) < 4.78 is 5.14. The van der Waals surface area contributed by atoms with Crippen LogP contribution in [0.25, 0.3) is 0 Å². The Bertz CT molecular complexity index is 980. The molecule has 2 aliphatic rings. The van der Waals surface area contributed by atoms with Crippen LogP contribution in [0.1, 0.15) is 35.2 Å². The third-order valence-electron chi connectivity index (χ3n) is 6.35. The quantitative estimate of drug-likeness (QED) is 0.566. The number of piperazine rings is 1. The Hall–Kier alpha value is -3.39. The number of hydrogen-bond acceptors (Lipinski definition) is 5. The van der Waals surface area contributed by atoms with Crippen molar-refractivity contribution in [2.45, 2.75) is 43.9 Å². The number of amides is 3. The summed E-state index contributed by atoms with van der Waals surface area (Å²) in [6, 6.07) is 16.4. The molecule has 3 amide bonds. The molecule has 2 aliphatic heterocycles. The number of rotatable bonds is 8.